The van der Waals surface area contributed by atoms with Gasteiger partial charge >= 0.3 is 0 Å². The fourth-order valence-corrected chi connectivity index (χ4v) is 3.41. The van der Waals surface area contributed by atoms with Gasteiger partial charge in [-0.2, -0.15) is 5.26 Å². The van der Waals surface area contributed by atoms with Crippen LogP contribution in [0.3, 0.4) is 0 Å². The molecule has 1 aliphatic rings. The summed E-state index contributed by atoms with van der Waals surface area (Å²) >= 11 is 0. The van der Waals surface area contributed by atoms with Gasteiger partial charge in [0.2, 0.25) is 11.8 Å². The average molecular weight is 376 g/mol. The van der Waals surface area contributed by atoms with Crippen LogP contribution in [0.15, 0.2) is 54.6 Å². The molecule has 1 heterocycles. The topological polar surface area (TPSA) is 85.2 Å². The Morgan fingerprint density at radius 3 is 2.36 bits per heavy atom. The number of amides is 2. The monoisotopic (exact) mass is 376 g/mol. The molecule has 28 heavy (non-hydrogen) atoms. The van der Waals surface area contributed by atoms with Gasteiger partial charge in [0.1, 0.15) is 6.07 Å². The molecule has 6 heteroatoms. The second-order valence-corrected chi connectivity index (χ2v) is 6.99. The van der Waals surface area contributed by atoms with E-state index in [4.69, 9.17) is 5.26 Å². The molecule has 1 saturated heterocycles. The van der Waals surface area contributed by atoms with Crippen molar-refractivity contribution in [1.82, 2.24) is 4.90 Å². The Balaban J connectivity index is 1.52. The summed E-state index contributed by atoms with van der Waals surface area (Å²) in [6.45, 7) is 3.22. The first kappa shape index (κ1) is 19.6. The quantitative estimate of drug-likeness (QED) is 0.839. The van der Waals surface area contributed by atoms with Gasteiger partial charge in [0, 0.05) is 11.6 Å². The van der Waals surface area contributed by atoms with Crippen molar-refractivity contribution in [2.75, 3.05) is 23.7 Å². The van der Waals surface area contributed by atoms with Crippen molar-refractivity contribution < 1.29 is 9.59 Å². The molecule has 2 N–H and O–H groups in total. The molecule has 0 spiro atoms. The standard InChI is InChI=1S/C22H24N4O2/c1-16(21(27)25-20-10-6-5-7-18(20)15-23)26-13-11-17(12-14-26)22(28)24-19-8-3-2-4-9-19/h2-10,16-17H,11-14H2,1H3,(H,24,28)(H,25,27). The first-order valence-electron chi connectivity index (χ1n) is 9.48. The van der Waals surface area contributed by atoms with E-state index < -0.39 is 0 Å². The molecule has 2 aromatic carbocycles. The number of likely N-dealkylation sites (tertiary alicyclic amines) is 1. The zero-order valence-corrected chi connectivity index (χ0v) is 15.9. The van der Waals surface area contributed by atoms with Crippen LogP contribution in [0, 0.1) is 17.2 Å². The maximum absolute atomic E-state index is 12.6. The second-order valence-electron chi connectivity index (χ2n) is 6.99. The molecule has 144 valence electrons. The number of benzene rings is 2. The van der Waals surface area contributed by atoms with Crippen molar-refractivity contribution in [1.29, 1.82) is 5.26 Å². The number of rotatable bonds is 5. The van der Waals surface area contributed by atoms with Crippen LogP contribution < -0.4 is 10.6 Å². The van der Waals surface area contributed by atoms with Gasteiger partial charge in [-0.15, -0.1) is 0 Å². The van der Waals surface area contributed by atoms with Crippen LogP contribution in [0.5, 0.6) is 0 Å². The van der Waals surface area contributed by atoms with Crippen LogP contribution in [0.4, 0.5) is 11.4 Å². The van der Waals surface area contributed by atoms with E-state index in [2.05, 4.69) is 21.6 Å². The molecule has 1 atom stereocenters. The Hall–Kier alpha value is -3.17. The van der Waals surface area contributed by atoms with Crippen molar-refractivity contribution in [3.05, 3.63) is 60.2 Å². The minimum absolute atomic E-state index is 0.0332. The van der Waals surface area contributed by atoms with E-state index in [0.717, 1.165) is 5.69 Å². The Morgan fingerprint density at radius 1 is 1.04 bits per heavy atom. The Morgan fingerprint density at radius 2 is 1.68 bits per heavy atom. The highest BCUT2D eigenvalue weighted by Gasteiger charge is 2.30. The molecule has 1 unspecified atom stereocenters. The lowest BCUT2D eigenvalue weighted by atomic mass is 9.94. The van der Waals surface area contributed by atoms with Gasteiger partial charge in [-0.05, 0) is 57.1 Å². The van der Waals surface area contributed by atoms with Gasteiger partial charge in [0.05, 0.1) is 17.3 Å². The van der Waals surface area contributed by atoms with Gasteiger partial charge in [-0.3, -0.25) is 14.5 Å². The highest BCUT2D eigenvalue weighted by Crippen LogP contribution is 2.22. The van der Waals surface area contributed by atoms with Crippen LogP contribution >= 0.6 is 0 Å². The fourth-order valence-electron chi connectivity index (χ4n) is 3.41. The normalized spacial score (nSPS) is 16.0. The molecule has 0 aromatic heterocycles. The minimum atomic E-state index is -0.329. The number of piperidine rings is 1. The number of anilines is 2. The SMILES string of the molecule is CC(C(=O)Nc1ccccc1C#N)N1CCC(C(=O)Nc2ccccc2)CC1. The van der Waals surface area contributed by atoms with Crippen LogP contribution in [-0.4, -0.2) is 35.8 Å². The zero-order valence-electron chi connectivity index (χ0n) is 15.9. The maximum atomic E-state index is 12.6. The summed E-state index contributed by atoms with van der Waals surface area (Å²) in [7, 11) is 0. The molecule has 1 fully saturated rings. The summed E-state index contributed by atoms with van der Waals surface area (Å²) in [6, 6.07) is 18.2. The molecule has 1 aliphatic heterocycles. The number of nitriles is 1. The molecule has 6 nitrogen and oxygen atoms in total. The molecule has 2 aromatic rings. The number of carbonyl (C=O) groups is 2. The molecule has 0 saturated carbocycles. The van der Waals surface area contributed by atoms with Crippen LogP contribution in [-0.2, 0) is 9.59 Å². The van der Waals surface area contributed by atoms with Crippen LogP contribution in [0.2, 0.25) is 0 Å². The van der Waals surface area contributed by atoms with Crippen LogP contribution in [0.25, 0.3) is 0 Å². The van der Waals surface area contributed by atoms with E-state index >= 15 is 0 Å². The zero-order chi connectivity index (χ0) is 19.9. The number of nitrogens with one attached hydrogen (secondary N) is 2. The van der Waals surface area contributed by atoms with Gasteiger partial charge in [-0.25, -0.2) is 0 Å². The highest BCUT2D eigenvalue weighted by molar-refractivity contribution is 5.96. The molecule has 0 aliphatic carbocycles. The van der Waals surface area contributed by atoms with E-state index in [-0.39, 0.29) is 23.8 Å². The summed E-state index contributed by atoms with van der Waals surface area (Å²) < 4.78 is 0. The molecule has 3 rings (SSSR count). The Bertz CT molecular complexity index is 868. The summed E-state index contributed by atoms with van der Waals surface area (Å²) in [5, 5.41) is 15.0. The number of para-hydroxylation sites is 2. The number of hydrogen-bond donors (Lipinski definition) is 2. The molecular weight excluding hydrogens is 352 g/mol. The largest absolute Gasteiger partial charge is 0.326 e. The summed E-state index contributed by atoms with van der Waals surface area (Å²) in [5.74, 6) is -0.160. The molecular formula is C22H24N4O2. The van der Waals surface area contributed by atoms with Gasteiger partial charge in [-0.1, -0.05) is 30.3 Å². The summed E-state index contributed by atoms with van der Waals surface area (Å²) in [5.41, 5.74) is 1.78. The lowest BCUT2D eigenvalue weighted by molar-refractivity contribution is -0.123. The number of carbonyl (C=O) groups excluding carboxylic acids is 2. The highest BCUT2D eigenvalue weighted by atomic mass is 16.2. The van der Waals surface area contributed by atoms with Crippen LogP contribution in [0.1, 0.15) is 25.3 Å². The smallest absolute Gasteiger partial charge is 0.241 e. The van der Waals surface area contributed by atoms with Crippen molar-refractivity contribution in [3.8, 4) is 6.07 Å². The second kappa shape index (κ2) is 9.16. The minimum Gasteiger partial charge on any atom is -0.326 e. The van der Waals surface area contributed by atoms with E-state index in [9.17, 15) is 9.59 Å². The molecule has 0 radical (unpaired) electrons. The predicted molar refractivity (Wildman–Crippen MR) is 109 cm³/mol. The van der Waals surface area contributed by atoms with Crippen molar-refractivity contribution in [2.45, 2.75) is 25.8 Å². The number of nitrogens with zero attached hydrogens (tertiary/aromatic N) is 2. The van der Waals surface area contributed by atoms with Crippen molar-refractivity contribution >= 4 is 23.2 Å². The third-order valence-corrected chi connectivity index (χ3v) is 5.17. The van der Waals surface area contributed by atoms with Gasteiger partial charge < -0.3 is 10.6 Å². The average Bonchev–Trinajstić information content (AvgIpc) is 2.74. The van der Waals surface area contributed by atoms with E-state index in [1.165, 1.54) is 0 Å². The third kappa shape index (κ3) is 4.76. The van der Waals surface area contributed by atoms with E-state index in [1.807, 2.05) is 37.3 Å². The first-order valence-corrected chi connectivity index (χ1v) is 9.48. The number of hydrogen-bond acceptors (Lipinski definition) is 4. The Labute approximate surface area is 165 Å². The summed E-state index contributed by atoms with van der Waals surface area (Å²) in [4.78, 5) is 27.1. The molecule has 0 bridgehead atoms. The lowest BCUT2D eigenvalue weighted by Crippen LogP contribution is -2.47. The molecule has 2 amide bonds. The maximum Gasteiger partial charge on any atom is 0.241 e. The lowest BCUT2D eigenvalue weighted by Gasteiger charge is -2.34. The predicted octanol–water partition coefficient (Wildman–Crippen LogP) is 3.24. The summed E-state index contributed by atoms with van der Waals surface area (Å²) in [6.07, 6.45) is 1.43. The van der Waals surface area contributed by atoms with Crippen molar-refractivity contribution in [3.63, 3.8) is 0 Å². The van der Waals surface area contributed by atoms with E-state index in [1.54, 1.807) is 24.3 Å². The van der Waals surface area contributed by atoms with Gasteiger partial charge in [0.15, 0.2) is 0 Å². The fraction of sp³-hybridized carbons (Fsp3) is 0.318. The van der Waals surface area contributed by atoms with Crippen molar-refractivity contribution in [2.24, 2.45) is 5.92 Å². The van der Waals surface area contributed by atoms with E-state index in [0.29, 0.717) is 37.2 Å². The Kier molecular flexibility index (Phi) is 6.41. The third-order valence-electron chi connectivity index (χ3n) is 5.17. The first-order chi connectivity index (χ1) is 13.6. The van der Waals surface area contributed by atoms with Gasteiger partial charge in [0.25, 0.3) is 0 Å².